The first kappa shape index (κ1) is 14.4. The third-order valence-electron chi connectivity index (χ3n) is 2.42. The summed E-state index contributed by atoms with van der Waals surface area (Å²) in [4.78, 5) is 0.642. The number of aryl methyl sites for hydroxylation is 1. The second-order valence-electron chi connectivity index (χ2n) is 3.58. The van der Waals surface area contributed by atoms with E-state index in [4.69, 9.17) is 34.8 Å². The predicted octanol–water partition coefficient (Wildman–Crippen LogP) is 5.06. The SMILES string of the molecule is CSc1c(Cl)c(-c2cc(S)c(Cl)cc2Cl)nn1C. The van der Waals surface area contributed by atoms with E-state index in [1.54, 1.807) is 16.8 Å². The van der Waals surface area contributed by atoms with Gasteiger partial charge in [-0.05, 0) is 18.4 Å². The van der Waals surface area contributed by atoms with Crippen LogP contribution >= 0.6 is 59.2 Å². The Bertz CT molecular complexity index is 611. The second kappa shape index (κ2) is 5.55. The molecular weight excluding hydrogens is 331 g/mol. The van der Waals surface area contributed by atoms with Gasteiger partial charge in [0.2, 0.25) is 0 Å². The average molecular weight is 340 g/mol. The predicted molar refractivity (Wildman–Crippen MR) is 82.7 cm³/mol. The van der Waals surface area contributed by atoms with E-state index in [1.807, 2.05) is 13.3 Å². The summed E-state index contributed by atoms with van der Waals surface area (Å²) in [6.07, 6.45) is 1.94. The van der Waals surface area contributed by atoms with Gasteiger partial charge in [-0.2, -0.15) is 5.10 Å². The Morgan fingerprint density at radius 1 is 1.22 bits per heavy atom. The van der Waals surface area contributed by atoms with Gasteiger partial charge in [-0.1, -0.05) is 34.8 Å². The average Bonchev–Trinajstić information content (AvgIpc) is 2.59. The Kier molecular flexibility index (Phi) is 4.44. The normalized spacial score (nSPS) is 11.0. The highest BCUT2D eigenvalue weighted by Gasteiger charge is 2.18. The first-order valence-corrected chi connectivity index (χ1v) is 7.71. The number of benzene rings is 1. The molecule has 0 unspecified atom stereocenters. The molecule has 0 amide bonds. The number of rotatable bonds is 2. The zero-order chi connectivity index (χ0) is 13.4. The minimum Gasteiger partial charge on any atom is -0.260 e. The van der Waals surface area contributed by atoms with Crippen molar-refractivity contribution in [1.29, 1.82) is 0 Å². The van der Waals surface area contributed by atoms with E-state index < -0.39 is 0 Å². The van der Waals surface area contributed by atoms with Crippen LogP contribution in [0.2, 0.25) is 15.1 Å². The van der Waals surface area contributed by atoms with Gasteiger partial charge in [-0.25, -0.2) is 0 Å². The van der Waals surface area contributed by atoms with Crippen molar-refractivity contribution in [1.82, 2.24) is 9.78 Å². The molecule has 0 aliphatic carbocycles. The number of thioether (sulfide) groups is 1. The summed E-state index contributed by atoms with van der Waals surface area (Å²) in [6, 6.07) is 3.41. The van der Waals surface area contributed by atoms with Gasteiger partial charge in [0, 0.05) is 17.5 Å². The number of halogens is 3. The molecule has 0 spiro atoms. The van der Waals surface area contributed by atoms with Crippen LogP contribution in [-0.4, -0.2) is 16.0 Å². The monoisotopic (exact) mass is 338 g/mol. The van der Waals surface area contributed by atoms with Crippen molar-refractivity contribution < 1.29 is 0 Å². The van der Waals surface area contributed by atoms with Crippen LogP contribution in [0.3, 0.4) is 0 Å². The molecule has 1 aromatic heterocycles. The quantitative estimate of drug-likeness (QED) is 0.609. The van der Waals surface area contributed by atoms with Crippen LogP contribution in [0.1, 0.15) is 0 Å². The highest BCUT2D eigenvalue weighted by Crippen LogP contribution is 2.40. The molecule has 0 aliphatic rings. The largest absolute Gasteiger partial charge is 0.260 e. The summed E-state index contributed by atoms with van der Waals surface area (Å²) in [5.41, 5.74) is 1.37. The van der Waals surface area contributed by atoms with Crippen molar-refractivity contribution in [3.8, 4) is 11.3 Å². The van der Waals surface area contributed by atoms with Crippen molar-refractivity contribution in [2.24, 2.45) is 7.05 Å². The third-order valence-corrected chi connectivity index (χ3v) is 4.88. The highest BCUT2D eigenvalue weighted by atomic mass is 35.5. The maximum atomic E-state index is 6.31. The number of aromatic nitrogens is 2. The number of hydrogen-bond acceptors (Lipinski definition) is 3. The Labute approximate surface area is 130 Å². The van der Waals surface area contributed by atoms with E-state index in [0.29, 0.717) is 25.7 Å². The van der Waals surface area contributed by atoms with E-state index in [9.17, 15) is 0 Å². The number of nitrogens with zero attached hydrogens (tertiary/aromatic N) is 2. The molecule has 96 valence electrons. The Balaban J connectivity index is 2.66. The molecule has 2 rings (SSSR count). The van der Waals surface area contributed by atoms with Crippen LogP contribution in [-0.2, 0) is 7.05 Å². The third kappa shape index (κ3) is 2.49. The molecule has 0 N–H and O–H groups in total. The number of hydrogen-bond donors (Lipinski definition) is 1. The van der Waals surface area contributed by atoms with Crippen molar-refractivity contribution in [2.75, 3.05) is 6.26 Å². The summed E-state index contributed by atoms with van der Waals surface area (Å²) in [6.45, 7) is 0. The zero-order valence-corrected chi connectivity index (χ0v) is 13.5. The van der Waals surface area contributed by atoms with Gasteiger partial charge in [0.15, 0.2) is 0 Å². The van der Waals surface area contributed by atoms with Crippen LogP contribution in [0.25, 0.3) is 11.3 Å². The molecule has 0 fully saturated rings. The lowest BCUT2D eigenvalue weighted by Crippen LogP contribution is -1.92. The van der Waals surface area contributed by atoms with E-state index in [0.717, 1.165) is 10.6 Å². The van der Waals surface area contributed by atoms with Crippen LogP contribution in [0.5, 0.6) is 0 Å². The fraction of sp³-hybridized carbons (Fsp3) is 0.182. The fourth-order valence-corrected chi connectivity index (χ4v) is 3.34. The zero-order valence-electron chi connectivity index (χ0n) is 9.54. The molecule has 0 bridgehead atoms. The first-order valence-electron chi connectivity index (χ1n) is 4.90. The van der Waals surface area contributed by atoms with Crippen molar-refractivity contribution in [3.05, 3.63) is 27.2 Å². The lowest BCUT2D eigenvalue weighted by molar-refractivity contribution is 0.702. The summed E-state index contributed by atoms with van der Waals surface area (Å²) >= 11 is 24.3. The van der Waals surface area contributed by atoms with E-state index in [1.165, 1.54) is 11.8 Å². The Hall–Kier alpha value is -0.000000000000000167. The van der Waals surface area contributed by atoms with Crippen molar-refractivity contribution in [2.45, 2.75) is 9.92 Å². The minimum atomic E-state index is 0.504. The maximum absolute atomic E-state index is 6.31. The van der Waals surface area contributed by atoms with Gasteiger partial charge in [0.25, 0.3) is 0 Å². The molecule has 2 aromatic rings. The van der Waals surface area contributed by atoms with Crippen LogP contribution < -0.4 is 0 Å². The summed E-state index contributed by atoms with van der Waals surface area (Å²) in [7, 11) is 1.84. The van der Waals surface area contributed by atoms with Gasteiger partial charge in [-0.3, -0.25) is 4.68 Å². The van der Waals surface area contributed by atoms with Crippen LogP contribution in [0.4, 0.5) is 0 Å². The molecule has 0 saturated carbocycles. The van der Waals surface area contributed by atoms with Gasteiger partial charge in [0.1, 0.15) is 15.7 Å². The molecule has 1 aromatic carbocycles. The lowest BCUT2D eigenvalue weighted by atomic mass is 10.1. The van der Waals surface area contributed by atoms with Gasteiger partial charge in [-0.15, -0.1) is 24.4 Å². The second-order valence-corrected chi connectivity index (χ2v) is 6.05. The molecular formula is C11H9Cl3N2S2. The molecule has 7 heteroatoms. The molecule has 1 heterocycles. The smallest absolute Gasteiger partial charge is 0.114 e. The Morgan fingerprint density at radius 3 is 2.44 bits per heavy atom. The molecule has 2 nitrogen and oxygen atoms in total. The van der Waals surface area contributed by atoms with Gasteiger partial charge in [0.05, 0.1) is 10.0 Å². The molecule has 0 aliphatic heterocycles. The first-order chi connectivity index (χ1) is 8.45. The van der Waals surface area contributed by atoms with Crippen LogP contribution in [0, 0.1) is 0 Å². The van der Waals surface area contributed by atoms with Gasteiger partial charge < -0.3 is 0 Å². The number of thiol groups is 1. The van der Waals surface area contributed by atoms with Gasteiger partial charge >= 0.3 is 0 Å². The summed E-state index contributed by atoms with van der Waals surface area (Å²) in [5, 5.41) is 6.87. The van der Waals surface area contributed by atoms with E-state index in [2.05, 4.69) is 17.7 Å². The van der Waals surface area contributed by atoms with E-state index >= 15 is 0 Å². The summed E-state index contributed by atoms with van der Waals surface area (Å²) < 4.78 is 1.73. The van der Waals surface area contributed by atoms with E-state index in [-0.39, 0.29) is 0 Å². The van der Waals surface area contributed by atoms with Crippen molar-refractivity contribution >= 4 is 59.2 Å². The molecule has 0 saturated heterocycles. The molecule has 0 radical (unpaired) electrons. The maximum Gasteiger partial charge on any atom is 0.114 e. The molecule has 18 heavy (non-hydrogen) atoms. The van der Waals surface area contributed by atoms with Crippen molar-refractivity contribution in [3.63, 3.8) is 0 Å². The fourth-order valence-electron chi connectivity index (χ4n) is 1.60. The minimum absolute atomic E-state index is 0.504. The molecule has 0 atom stereocenters. The topological polar surface area (TPSA) is 17.8 Å². The summed E-state index contributed by atoms with van der Waals surface area (Å²) in [5.74, 6) is 0. The highest BCUT2D eigenvalue weighted by molar-refractivity contribution is 7.98. The standard InChI is InChI=1S/C11H9Cl3N2S2/c1-16-11(18-2)9(14)10(15-16)5-3-8(17)7(13)4-6(5)12/h3-4,17H,1-2H3. The van der Waals surface area contributed by atoms with Crippen LogP contribution in [0.15, 0.2) is 22.1 Å². The Morgan fingerprint density at radius 2 is 1.89 bits per heavy atom. The lowest BCUT2D eigenvalue weighted by Gasteiger charge is -2.04.